The molecule has 0 N–H and O–H groups in total. The van der Waals surface area contributed by atoms with Gasteiger partial charge in [0, 0.05) is 34.6 Å². The number of anilines is 2. The molecule has 4 nitrogen and oxygen atoms in total. The normalized spacial score (nSPS) is 16.8. The highest BCUT2D eigenvalue weighted by Gasteiger charge is 2.22. The van der Waals surface area contributed by atoms with E-state index in [9.17, 15) is 5.26 Å². The third-order valence-electron chi connectivity index (χ3n) is 9.19. The van der Waals surface area contributed by atoms with Crippen LogP contribution in [-0.2, 0) is 12.8 Å². The van der Waals surface area contributed by atoms with E-state index >= 15 is 0 Å². The van der Waals surface area contributed by atoms with Gasteiger partial charge in [0.2, 0.25) is 5.95 Å². The van der Waals surface area contributed by atoms with Crippen molar-refractivity contribution in [2.45, 2.75) is 43.8 Å². The third kappa shape index (κ3) is 6.53. The number of rotatable bonds is 6. The van der Waals surface area contributed by atoms with Gasteiger partial charge in [0.25, 0.3) is 0 Å². The Morgan fingerprint density at radius 1 is 0.918 bits per heavy atom. The Morgan fingerprint density at radius 3 is 2.57 bits per heavy atom. The number of hydrogen-bond acceptors (Lipinski definition) is 5. The largest absolute Gasteiger partial charge is 0.313 e. The van der Waals surface area contributed by atoms with Crippen LogP contribution in [0.4, 0.5) is 11.6 Å². The lowest BCUT2D eigenvalue weighted by Gasteiger charge is -2.23. The van der Waals surface area contributed by atoms with E-state index in [4.69, 9.17) is 9.97 Å². The molecule has 1 unspecified atom stereocenters. The predicted molar refractivity (Wildman–Crippen MR) is 207 cm³/mol. The van der Waals surface area contributed by atoms with Gasteiger partial charge in [-0.15, -0.1) is 11.8 Å². The standard InChI is InChI=1S/C44H38N4S/c1-5-6-7-9-14-29(2)32-19-20-33-25-34-21-22-35(27-38(34)37(33)26-32)36-16-12-13-18-41(36)48(4)44-46-39-17-11-8-10-15-30(3)49-42-24-31(28-45)23-40(47-44)43(39)42/h5-16,18-24,26-27,30H,17,25H2,1-4H3/b6-5-,9-7-,11-8-,15-10-,29-14+. The van der Waals surface area contributed by atoms with Crippen molar-refractivity contribution in [1.82, 2.24) is 9.97 Å². The molecule has 0 saturated heterocycles. The van der Waals surface area contributed by atoms with Crippen LogP contribution in [0.1, 0.15) is 48.7 Å². The van der Waals surface area contributed by atoms with Crippen LogP contribution in [0.25, 0.3) is 38.7 Å². The first-order chi connectivity index (χ1) is 23.9. The van der Waals surface area contributed by atoms with Gasteiger partial charge in [-0.2, -0.15) is 5.26 Å². The van der Waals surface area contributed by atoms with Crippen LogP contribution in [-0.4, -0.2) is 22.3 Å². The zero-order chi connectivity index (χ0) is 33.9. The van der Waals surface area contributed by atoms with Crippen LogP contribution in [0.5, 0.6) is 0 Å². The molecule has 240 valence electrons. The molecular weight excluding hydrogens is 617 g/mol. The Bertz CT molecular complexity index is 2280. The second-order valence-corrected chi connectivity index (χ2v) is 14.0. The number of benzene rings is 4. The number of nitriles is 1. The molecule has 1 aliphatic carbocycles. The predicted octanol–water partition coefficient (Wildman–Crippen LogP) is 11.2. The Balaban J connectivity index is 1.29. The number of allylic oxidation sites excluding steroid dienone is 9. The van der Waals surface area contributed by atoms with Crippen molar-refractivity contribution in [1.29, 1.82) is 5.26 Å². The number of para-hydroxylation sites is 1. The highest BCUT2D eigenvalue weighted by Crippen LogP contribution is 2.43. The molecule has 2 aliphatic rings. The molecule has 4 aromatic carbocycles. The molecule has 0 fully saturated rings. The molecule has 1 atom stereocenters. The molecule has 0 spiro atoms. The second kappa shape index (κ2) is 14.0. The van der Waals surface area contributed by atoms with E-state index in [0.717, 1.165) is 44.7 Å². The van der Waals surface area contributed by atoms with Gasteiger partial charge in [0.15, 0.2) is 0 Å². The molecule has 7 rings (SSSR count). The molecule has 5 aromatic rings. The number of aromatic nitrogens is 2. The molecule has 0 radical (unpaired) electrons. The Morgan fingerprint density at radius 2 is 1.73 bits per heavy atom. The molecule has 49 heavy (non-hydrogen) atoms. The van der Waals surface area contributed by atoms with Crippen molar-refractivity contribution in [2.75, 3.05) is 11.9 Å². The zero-order valence-electron chi connectivity index (χ0n) is 28.3. The summed E-state index contributed by atoms with van der Waals surface area (Å²) >= 11 is 1.74. The quantitative estimate of drug-likeness (QED) is 0.167. The zero-order valence-corrected chi connectivity index (χ0v) is 29.1. The Kier molecular flexibility index (Phi) is 9.15. The van der Waals surface area contributed by atoms with Gasteiger partial charge in [-0.3, -0.25) is 0 Å². The first kappa shape index (κ1) is 32.1. The summed E-state index contributed by atoms with van der Waals surface area (Å²) in [5.74, 6) is 0.608. The van der Waals surface area contributed by atoms with Gasteiger partial charge in [-0.25, -0.2) is 9.97 Å². The van der Waals surface area contributed by atoms with Gasteiger partial charge in [-0.05, 0) is 96.5 Å². The number of hydrogen-bond donors (Lipinski definition) is 0. The lowest BCUT2D eigenvalue weighted by Crippen LogP contribution is -2.15. The van der Waals surface area contributed by atoms with Crippen LogP contribution in [0.2, 0.25) is 0 Å². The van der Waals surface area contributed by atoms with Crippen LogP contribution in [0, 0.1) is 11.3 Å². The van der Waals surface area contributed by atoms with Gasteiger partial charge in [0.1, 0.15) is 0 Å². The SMILES string of the molecule is C\C=C/C=C\C=C(/C)c1ccc2c(c1)-c1cc(-c3ccccc3N(C)c3nc4c5c(cc(C#N)cc5n3)SC(C)/C=C\C=C/C4)ccc1C2. The lowest BCUT2D eigenvalue weighted by molar-refractivity contribution is 1.01. The molecule has 0 bridgehead atoms. The van der Waals surface area contributed by atoms with Crippen LogP contribution in [0.15, 0.2) is 132 Å². The lowest BCUT2D eigenvalue weighted by atomic mass is 9.95. The molecule has 5 heteroatoms. The number of fused-ring (bicyclic) bond motifs is 3. The fourth-order valence-corrected chi connectivity index (χ4v) is 7.74. The fraction of sp³-hybridized carbons (Fsp3) is 0.159. The number of nitrogens with zero attached hydrogens (tertiary/aromatic N) is 4. The molecule has 2 heterocycles. The minimum absolute atomic E-state index is 0.249. The van der Waals surface area contributed by atoms with E-state index < -0.39 is 0 Å². The topological polar surface area (TPSA) is 52.8 Å². The summed E-state index contributed by atoms with van der Waals surface area (Å²) < 4.78 is 0. The maximum atomic E-state index is 9.89. The van der Waals surface area contributed by atoms with Crippen molar-refractivity contribution < 1.29 is 0 Å². The number of thioether (sulfide) groups is 1. The minimum atomic E-state index is 0.249. The van der Waals surface area contributed by atoms with Crippen molar-refractivity contribution >= 4 is 39.9 Å². The first-order valence-electron chi connectivity index (χ1n) is 16.7. The Hall–Kier alpha value is -5.44. The monoisotopic (exact) mass is 654 g/mol. The van der Waals surface area contributed by atoms with E-state index in [1.807, 2.05) is 38.3 Å². The Labute approximate surface area is 293 Å². The first-order valence-corrected chi connectivity index (χ1v) is 17.6. The van der Waals surface area contributed by atoms with Crippen molar-refractivity contribution in [3.63, 3.8) is 0 Å². The summed E-state index contributed by atoms with van der Waals surface area (Å²) in [6, 6.07) is 28.4. The van der Waals surface area contributed by atoms with Crippen LogP contribution >= 0.6 is 11.8 Å². The molecule has 0 amide bonds. The van der Waals surface area contributed by atoms with Crippen molar-refractivity contribution in [3.8, 4) is 28.3 Å². The van der Waals surface area contributed by atoms with Gasteiger partial charge in [0.05, 0.1) is 28.5 Å². The summed E-state index contributed by atoms with van der Waals surface area (Å²) in [6.07, 6.45) is 20.5. The van der Waals surface area contributed by atoms with E-state index in [0.29, 0.717) is 17.9 Å². The van der Waals surface area contributed by atoms with Crippen molar-refractivity contribution in [3.05, 3.63) is 155 Å². The summed E-state index contributed by atoms with van der Waals surface area (Å²) in [6.45, 7) is 6.36. The third-order valence-corrected chi connectivity index (χ3v) is 10.3. The maximum Gasteiger partial charge on any atom is 0.230 e. The van der Waals surface area contributed by atoms with E-state index in [-0.39, 0.29) is 5.25 Å². The molecule has 1 aromatic heterocycles. The fourth-order valence-electron chi connectivity index (χ4n) is 6.63. The minimum Gasteiger partial charge on any atom is -0.313 e. The van der Waals surface area contributed by atoms with E-state index in [1.54, 1.807) is 11.8 Å². The van der Waals surface area contributed by atoms with Crippen molar-refractivity contribution in [2.24, 2.45) is 0 Å². The van der Waals surface area contributed by atoms with Gasteiger partial charge in [-0.1, -0.05) is 97.1 Å². The highest BCUT2D eigenvalue weighted by molar-refractivity contribution is 8.00. The highest BCUT2D eigenvalue weighted by atomic mass is 32.2. The van der Waals surface area contributed by atoms with Gasteiger partial charge < -0.3 is 4.90 Å². The molecule has 1 aliphatic heterocycles. The molecular formula is C44H38N4S. The summed E-state index contributed by atoms with van der Waals surface area (Å²) in [4.78, 5) is 13.4. The van der Waals surface area contributed by atoms with Gasteiger partial charge >= 0.3 is 0 Å². The average molecular weight is 655 g/mol. The summed E-state index contributed by atoms with van der Waals surface area (Å²) in [5, 5.41) is 11.2. The van der Waals surface area contributed by atoms with Crippen LogP contribution < -0.4 is 4.90 Å². The smallest absolute Gasteiger partial charge is 0.230 e. The van der Waals surface area contributed by atoms with E-state index in [1.165, 1.54) is 33.4 Å². The molecule has 0 saturated carbocycles. The van der Waals surface area contributed by atoms with E-state index in [2.05, 4.69) is 128 Å². The van der Waals surface area contributed by atoms with Crippen LogP contribution in [0.3, 0.4) is 0 Å². The summed E-state index contributed by atoms with van der Waals surface area (Å²) in [7, 11) is 2.03. The maximum absolute atomic E-state index is 9.89. The average Bonchev–Trinajstić information content (AvgIpc) is 3.49. The summed E-state index contributed by atoms with van der Waals surface area (Å²) in [5.41, 5.74) is 13.4. The second-order valence-electron chi connectivity index (χ2n) is 12.5.